The lowest BCUT2D eigenvalue weighted by molar-refractivity contribution is 0.503. The van der Waals surface area contributed by atoms with Gasteiger partial charge in [0, 0.05) is 31.2 Å². The number of hydrogen-bond acceptors (Lipinski definition) is 4. The first-order valence-corrected chi connectivity index (χ1v) is 6.33. The standard InChI is InChI=1S/C10H14BrN4O/c11-8-9(6-1-2-6)14-4-3-13-5-7(14)10(8)15(12)16/h6,13H,1-5,12H2/q-1. The second-order valence-corrected chi connectivity index (χ2v) is 5.22. The molecule has 0 bridgehead atoms. The quantitative estimate of drug-likeness (QED) is 0.637. The van der Waals surface area contributed by atoms with Gasteiger partial charge >= 0.3 is 0 Å². The molecule has 3 N–H and O–H groups in total. The van der Waals surface area contributed by atoms with Crippen LogP contribution in [-0.4, -0.2) is 11.1 Å². The molecule has 3 rings (SSSR count). The molecule has 1 aromatic heterocycles. The number of anilines is 1. The molecule has 0 atom stereocenters. The smallest absolute Gasteiger partial charge is 0.0776 e. The molecule has 0 radical (unpaired) electrons. The number of nitrogens with two attached hydrogens (primary N) is 1. The number of fused-ring (bicyclic) bond motifs is 1. The van der Waals surface area contributed by atoms with E-state index in [0.717, 1.165) is 29.8 Å². The van der Waals surface area contributed by atoms with Crippen molar-refractivity contribution in [3.05, 3.63) is 21.1 Å². The average Bonchev–Trinajstić information content (AvgIpc) is 3.01. The van der Waals surface area contributed by atoms with E-state index in [0.29, 0.717) is 16.8 Å². The SMILES string of the molecule is NN([O-])c1c(Br)c(C2CC2)n2c1CNCC2. The molecule has 5 nitrogen and oxygen atoms in total. The molecule has 1 aromatic rings. The van der Waals surface area contributed by atoms with Gasteiger partial charge in [-0.2, -0.15) is 0 Å². The Balaban J connectivity index is 2.17. The number of halogens is 1. The van der Waals surface area contributed by atoms with Gasteiger partial charge in [-0.3, -0.25) is 5.84 Å². The first kappa shape index (κ1) is 10.6. The first-order valence-electron chi connectivity index (χ1n) is 5.53. The highest BCUT2D eigenvalue weighted by Crippen LogP contribution is 2.48. The number of rotatable bonds is 2. The Hall–Kier alpha value is -0.560. The van der Waals surface area contributed by atoms with E-state index in [1.165, 1.54) is 18.5 Å². The van der Waals surface area contributed by atoms with Crippen molar-refractivity contribution in [2.75, 3.05) is 11.7 Å². The summed E-state index contributed by atoms with van der Waals surface area (Å²) in [6, 6.07) is 0. The molecular formula is C10H14BrN4O-. The highest BCUT2D eigenvalue weighted by molar-refractivity contribution is 9.10. The number of aromatic nitrogens is 1. The van der Waals surface area contributed by atoms with Crippen molar-refractivity contribution in [2.24, 2.45) is 5.84 Å². The molecule has 0 aromatic carbocycles. The highest BCUT2D eigenvalue weighted by atomic mass is 79.9. The van der Waals surface area contributed by atoms with E-state index < -0.39 is 0 Å². The third kappa shape index (κ3) is 1.48. The van der Waals surface area contributed by atoms with Crippen LogP contribution in [0.1, 0.15) is 30.1 Å². The van der Waals surface area contributed by atoms with E-state index >= 15 is 0 Å². The van der Waals surface area contributed by atoms with Crippen molar-refractivity contribution in [2.45, 2.75) is 31.8 Å². The molecular weight excluding hydrogens is 272 g/mol. The molecule has 2 aliphatic rings. The zero-order valence-corrected chi connectivity index (χ0v) is 10.5. The number of nitrogens with one attached hydrogen (secondary N) is 1. The minimum absolute atomic E-state index is 0.481. The highest BCUT2D eigenvalue weighted by Gasteiger charge is 2.33. The molecule has 1 aliphatic heterocycles. The second kappa shape index (κ2) is 3.73. The summed E-state index contributed by atoms with van der Waals surface area (Å²) in [4.78, 5) is 0. The second-order valence-electron chi connectivity index (χ2n) is 4.42. The Kier molecular flexibility index (Phi) is 2.47. The fraction of sp³-hybridized carbons (Fsp3) is 0.600. The number of hydrogen-bond donors (Lipinski definition) is 2. The fourth-order valence-corrected chi connectivity index (χ4v) is 3.39. The van der Waals surface area contributed by atoms with Crippen molar-refractivity contribution >= 4 is 21.6 Å². The van der Waals surface area contributed by atoms with Gasteiger partial charge in [-0.15, -0.1) is 0 Å². The van der Waals surface area contributed by atoms with Crippen molar-refractivity contribution in [1.82, 2.24) is 9.88 Å². The lowest BCUT2D eigenvalue weighted by Crippen LogP contribution is -2.31. The molecule has 0 spiro atoms. The van der Waals surface area contributed by atoms with Crippen LogP contribution in [0.3, 0.4) is 0 Å². The molecule has 16 heavy (non-hydrogen) atoms. The Morgan fingerprint density at radius 3 is 2.88 bits per heavy atom. The summed E-state index contributed by atoms with van der Waals surface area (Å²) in [5.41, 5.74) is 2.87. The van der Waals surface area contributed by atoms with Gasteiger partial charge in [0.1, 0.15) is 0 Å². The third-order valence-electron chi connectivity index (χ3n) is 3.31. The molecule has 1 saturated carbocycles. The molecule has 0 amide bonds. The molecule has 2 heterocycles. The summed E-state index contributed by atoms with van der Waals surface area (Å²) in [6.07, 6.45) is 2.44. The van der Waals surface area contributed by atoms with Gasteiger partial charge in [-0.05, 0) is 28.8 Å². The third-order valence-corrected chi connectivity index (χ3v) is 4.09. The van der Waals surface area contributed by atoms with E-state index in [1.807, 2.05) is 0 Å². The van der Waals surface area contributed by atoms with Crippen LogP contribution in [0.5, 0.6) is 0 Å². The van der Waals surface area contributed by atoms with Crippen LogP contribution in [0, 0.1) is 5.21 Å². The summed E-state index contributed by atoms with van der Waals surface area (Å²) >= 11 is 3.53. The van der Waals surface area contributed by atoms with Gasteiger partial charge in [0.05, 0.1) is 15.9 Å². The predicted molar refractivity (Wildman–Crippen MR) is 65.8 cm³/mol. The summed E-state index contributed by atoms with van der Waals surface area (Å²) in [5.74, 6) is 5.99. The van der Waals surface area contributed by atoms with Crippen molar-refractivity contribution in [3.63, 3.8) is 0 Å². The van der Waals surface area contributed by atoms with Gasteiger partial charge in [0.2, 0.25) is 0 Å². The maximum atomic E-state index is 11.4. The van der Waals surface area contributed by atoms with E-state index in [1.54, 1.807) is 0 Å². The molecule has 0 unspecified atom stereocenters. The molecule has 88 valence electrons. The van der Waals surface area contributed by atoms with Crippen LogP contribution < -0.4 is 16.3 Å². The topological polar surface area (TPSA) is 69.3 Å². The Morgan fingerprint density at radius 1 is 1.50 bits per heavy atom. The Bertz CT molecular complexity index is 395. The van der Waals surface area contributed by atoms with Gasteiger partial charge in [-0.25, -0.2) is 0 Å². The zero-order chi connectivity index (χ0) is 11.3. The molecule has 0 saturated heterocycles. The van der Waals surface area contributed by atoms with Crippen LogP contribution in [0.25, 0.3) is 0 Å². The average molecular weight is 286 g/mol. The zero-order valence-electron chi connectivity index (χ0n) is 8.87. The van der Waals surface area contributed by atoms with Gasteiger partial charge in [-0.1, -0.05) is 0 Å². The van der Waals surface area contributed by atoms with E-state index in [9.17, 15) is 5.21 Å². The summed E-state index contributed by atoms with van der Waals surface area (Å²) in [5, 5.41) is 15.2. The van der Waals surface area contributed by atoms with Crippen molar-refractivity contribution in [3.8, 4) is 0 Å². The van der Waals surface area contributed by atoms with Gasteiger partial charge in [0.25, 0.3) is 0 Å². The van der Waals surface area contributed by atoms with Crippen molar-refractivity contribution in [1.29, 1.82) is 0 Å². The lowest BCUT2D eigenvalue weighted by atomic mass is 10.3. The first-order chi connectivity index (χ1) is 7.70. The summed E-state index contributed by atoms with van der Waals surface area (Å²) < 4.78 is 3.15. The van der Waals surface area contributed by atoms with E-state index in [4.69, 9.17) is 5.84 Å². The summed E-state index contributed by atoms with van der Waals surface area (Å²) in [6.45, 7) is 2.60. The van der Waals surface area contributed by atoms with E-state index in [-0.39, 0.29) is 0 Å². The van der Waals surface area contributed by atoms with Gasteiger partial charge in [0.15, 0.2) is 0 Å². The predicted octanol–water partition coefficient (Wildman–Crippen LogP) is 1.41. The van der Waals surface area contributed by atoms with Crippen LogP contribution >= 0.6 is 15.9 Å². The Labute approximate surface area is 102 Å². The van der Waals surface area contributed by atoms with Crippen LogP contribution in [0.2, 0.25) is 0 Å². The monoisotopic (exact) mass is 285 g/mol. The van der Waals surface area contributed by atoms with Crippen LogP contribution in [-0.2, 0) is 13.1 Å². The van der Waals surface area contributed by atoms with Crippen LogP contribution in [0.15, 0.2) is 4.47 Å². The fourth-order valence-electron chi connectivity index (χ4n) is 2.45. The molecule has 6 heteroatoms. The minimum Gasteiger partial charge on any atom is -0.743 e. The van der Waals surface area contributed by atoms with Gasteiger partial charge < -0.3 is 20.3 Å². The maximum Gasteiger partial charge on any atom is 0.0776 e. The normalized spacial score (nSPS) is 19.7. The number of hydrazine groups is 1. The Morgan fingerprint density at radius 2 is 2.25 bits per heavy atom. The summed E-state index contributed by atoms with van der Waals surface area (Å²) in [7, 11) is 0. The molecule has 1 aliphatic carbocycles. The van der Waals surface area contributed by atoms with E-state index in [2.05, 4.69) is 25.8 Å². The lowest BCUT2D eigenvalue weighted by Gasteiger charge is -2.27. The largest absolute Gasteiger partial charge is 0.743 e. The maximum absolute atomic E-state index is 11.4. The van der Waals surface area contributed by atoms with Crippen molar-refractivity contribution < 1.29 is 0 Å². The van der Waals surface area contributed by atoms with Crippen LogP contribution in [0.4, 0.5) is 5.69 Å². The minimum atomic E-state index is 0.481. The molecule has 1 fully saturated rings. The number of nitrogens with zero attached hydrogens (tertiary/aromatic N) is 2.